The van der Waals surface area contributed by atoms with Crippen molar-refractivity contribution in [3.63, 3.8) is 0 Å². The third-order valence-electron chi connectivity index (χ3n) is 5.41. The summed E-state index contributed by atoms with van der Waals surface area (Å²) < 4.78 is 6.92. The first kappa shape index (κ1) is 22.2. The molecule has 3 rings (SSSR count). The molecule has 0 amide bonds. The van der Waals surface area contributed by atoms with Gasteiger partial charge in [0.2, 0.25) is 0 Å². The first-order valence-electron chi connectivity index (χ1n) is 10.4. The van der Waals surface area contributed by atoms with E-state index in [0.717, 1.165) is 33.9 Å². The number of fused-ring (bicyclic) bond motifs is 1. The number of thiophene rings is 1. The summed E-state index contributed by atoms with van der Waals surface area (Å²) in [6.07, 6.45) is 0.647. The maximum absolute atomic E-state index is 13.3. The molecule has 160 valence electrons. The molecule has 30 heavy (non-hydrogen) atoms. The molecule has 0 saturated carbocycles. The number of carbonyl (C=O) groups is 1. The number of hydrogen-bond acceptors (Lipinski definition) is 6. The Kier molecular flexibility index (Phi) is 7.39. The topological polar surface area (TPSA) is 64.4 Å². The van der Waals surface area contributed by atoms with Crippen molar-refractivity contribution in [2.45, 2.75) is 47.2 Å². The Labute approximate surface area is 181 Å². The molecule has 0 aliphatic rings. The minimum Gasteiger partial charge on any atom is -0.464 e. The minimum absolute atomic E-state index is 0.124. The molecule has 0 unspecified atom stereocenters. The van der Waals surface area contributed by atoms with Crippen LogP contribution in [0.4, 0.5) is 0 Å². The molecule has 0 bridgehead atoms. The number of benzene rings is 1. The highest BCUT2D eigenvalue weighted by Gasteiger charge is 2.19. The maximum Gasteiger partial charge on any atom is 0.326 e. The second-order valence-corrected chi connectivity index (χ2v) is 8.50. The van der Waals surface area contributed by atoms with E-state index in [1.54, 1.807) is 0 Å². The predicted octanol–water partition coefficient (Wildman–Crippen LogP) is 3.70. The molecule has 0 fully saturated rings. The van der Waals surface area contributed by atoms with Crippen LogP contribution in [-0.2, 0) is 29.0 Å². The summed E-state index contributed by atoms with van der Waals surface area (Å²) in [5, 5.41) is 0.609. The fourth-order valence-electron chi connectivity index (χ4n) is 3.40. The Bertz CT molecular complexity index is 1070. The van der Waals surface area contributed by atoms with Crippen LogP contribution in [0.25, 0.3) is 10.2 Å². The molecule has 0 spiro atoms. The summed E-state index contributed by atoms with van der Waals surface area (Å²) in [5.74, 6) is 0.192. The van der Waals surface area contributed by atoms with Crippen molar-refractivity contribution in [1.82, 2.24) is 14.5 Å². The van der Waals surface area contributed by atoms with Crippen LogP contribution in [0.1, 0.15) is 35.7 Å². The van der Waals surface area contributed by atoms with E-state index in [-0.39, 0.29) is 18.7 Å². The van der Waals surface area contributed by atoms with Crippen molar-refractivity contribution in [3.05, 3.63) is 62.5 Å². The van der Waals surface area contributed by atoms with Gasteiger partial charge in [0.25, 0.3) is 5.56 Å². The molecule has 0 aliphatic heterocycles. The molecule has 0 atom stereocenters. The van der Waals surface area contributed by atoms with E-state index in [2.05, 4.69) is 18.7 Å². The van der Waals surface area contributed by atoms with Crippen molar-refractivity contribution >= 4 is 27.5 Å². The van der Waals surface area contributed by atoms with E-state index in [9.17, 15) is 9.59 Å². The van der Waals surface area contributed by atoms with Crippen LogP contribution in [0.15, 0.2) is 35.1 Å². The second kappa shape index (κ2) is 10.00. The van der Waals surface area contributed by atoms with E-state index in [1.807, 2.05) is 44.2 Å². The largest absolute Gasteiger partial charge is 0.464 e. The number of ether oxygens (including phenoxy) is 1. The van der Waals surface area contributed by atoms with Crippen LogP contribution in [0.2, 0.25) is 0 Å². The lowest BCUT2D eigenvalue weighted by Crippen LogP contribution is -2.33. The molecule has 2 heterocycles. The van der Waals surface area contributed by atoms with E-state index in [0.29, 0.717) is 24.2 Å². The van der Waals surface area contributed by atoms with Gasteiger partial charge in [-0.1, -0.05) is 44.2 Å². The van der Waals surface area contributed by atoms with Crippen LogP contribution in [-0.4, -0.2) is 40.1 Å². The number of aryl methyl sites for hydroxylation is 2. The van der Waals surface area contributed by atoms with Gasteiger partial charge in [0.15, 0.2) is 0 Å². The van der Waals surface area contributed by atoms with Gasteiger partial charge in [-0.05, 0) is 38.1 Å². The lowest BCUT2D eigenvalue weighted by molar-refractivity contribution is -0.144. The quantitative estimate of drug-likeness (QED) is 0.487. The van der Waals surface area contributed by atoms with Gasteiger partial charge < -0.3 is 4.74 Å². The second-order valence-electron chi connectivity index (χ2n) is 7.30. The minimum atomic E-state index is -0.417. The Morgan fingerprint density at radius 2 is 1.87 bits per heavy atom. The predicted molar refractivity (Wildman–Crippen MR) is 121 cm³/mol. The smallest absolute Gasteiger partial charge is 0.326 e. The summed E-state index contributed by atoms with van der Waals surface area (Å²) in [6.45, 7) is 10.4. The summed E-state index contributed by atoms with van der Waals surface area (Å²) in [7, 11) is 0. The molecule has 1 aromatic carbocycles. The molecule has 3 aromatic rings. The average molecular weight is 428 g/mol. The molecule has 0 aliphatic carbocycles. The molecular formula is C23H29N3O3S. The zero-order valence-electron chi connectivity index (χ0n) is 18.1. The number of hydrogen-bond donors (Lipinski definition) is 0. The normalized spacial score (nSPS) is 11.4. The third-order valence-corrected chi connectivity index (χ3v) is 6.51. The maximum atomic E-state index is 13.3. The Morgan fingerprint density at radius 1 is 1.17 bits per heavy atom. The van der Waals surface area contributed by atoms with Crippen molar-refractivity contribution in [2.75, 3.05) is 19.7 Å². The summed E-state index contributed by atoms with van der Waals surface area (Å²) in [4.78, 5) is 34.6. The summed E-state index contributed by atoms with van der Waals surface area (Å²) >= 11 is 1.53. The van der Waals surface area contributed by atoms with Crippen molar-refractivity contribution < 1.29 is 9.53 Å². The molecule has 6 nitrogen and oxygen atoms in total. The standard InChI is InChI=1S/C23H29N3O3S/c1-5-25(6-2)14-19-24-22-21(16(3)17(4)30-22)23(28)26(19)15-20(27)29-13-12-18-10-8-7-9-11-18/h7-11H,5-6,12-15H2,1-4H3. The lowest BCUT2D eigenvalue weighted by Gasteiger charge is -2.20. The lowest BCUT2D eigenvalue weighted by atomic mass is 10.2. The highest BCUT2D eigenvalue weighted by Crippen LogP contribution is 2.26. The molecule has 7 heteroatoms. The van der Waals surface area contributed by atoms with Crippen LogP contribution in [0, 0.1) is 13.8 Å². The highest BCUT2D eigenvalue weighted by atomic mass is 32.1. The van der Waals surface area contributed by atoms with Crippen LogP contribution >= 0.6 is 11.3 Å². The van der Waals surface area contributed by atoms with E-state index in [1.165, 1.54) is 15.9 Å². The summed E-state index contributed by atoms with van der Waals surface area (Å²) in [5.41, 5.74) is 1.88. The number of carbonyl (C=O) groups excluding carboxylic acids is 1. The fourth-order valence-corrected chi connectivity index (χ4v) is 4.44. The SMILES string of the molecule is CCN(CC)Cc1nc2sc(C)c(C)c2c(=O)n1CC(=O)OCCc1ccccc1. The molecule has 0 radical (unpaired) electrons. The Morgan fingerprint density at radius 3 is 2.53 bits per heavy atom. The van der Waals surface area contributed by atoms with Gasteiger partial charge in [-0.3, -0.25) is 19.1 Å². The Hall–Kier alpha value is -2.51. The summed E-state index contributed by atoms with van der Waals surface area (Å²) in [6, 6.07) is 9.88. The molecular weight excluding hydrogens is 398 g/mol. The van der Waals surface area contributed by atoms with Gasteiger partial charge in [-0.25, -0.2) is 4.98 Å². The van der Waals surface area contributed by atoms with Crippen molar-refractivity contribution in [1.29, 1.82) is 0 Å². The van der Waals surface area contributed by atoms with E-state index >= 15 is 0 Å². The fraction of sp³-hybridized carbons (Fsp3) is 0.435. The van der Waals surface area contributed by atoms with Gasteiger partial charge >= 0.3 is 5.97 Å². The van der Waals surface area contributed by atoms with Gasteiger partial charge in [0, 0.05) is 11.3 Å². The van der Waals surface area contributed by atoms with Gasteiger partial charge in [-0.2, -0.15) is 0 Å². The highest BCUT2D eigenvalue weighted by molar-refractivity contribution is 7.18. The average Bonchev–Trinajstić information content (AvgIpc) is 3.03. The molecule has 0 N–H and O–H groups in total. The zero-order valence-corrected chi connectivity index (χ0v) is 18.9. The third kappa shape index (κ3) is 4.96. The first-order valence-corrected chi connectivity index (χ1v) is 11.2. The van der Waals surface area contributed by atoms with Crippen molar-refractivity contribution in [3.8, 4) is 0 Å². The van der Waals surface area contributed by atoms with Gasteiger partial charge in [0.05, 0.1) is 18.5 Å². The number of aromatic nitrogens is 2. The number of rotatable bonds is 9. The van der Waals surface area contributed by atoms with E-state index < -0.39 is 5.97 Å². The first-order chi connectivity index (χ1) is 14.4. The molecule has 2 aromatic heterocycles. The van der Waals surface area contributed by atoms with Crippen LogP contribution in [0.5, 0.6) is 0 Å². The van der Waals surface area contributed by atoms with Crippen LogP contribution in [0.3, 0.4) is 0 Å². The zero-order chi connectivity index (χ0) is 21.7. The Balaban J connectivity index is 1.84. The van der Waals surface area contributed by atoms with Gasteiger partial charge in [-0.15, -0.1) is 11.3 Å². The van der Waals surface area contributed by atoms with E-state index in [4.69, 9.17) is 9.72 Å². The monoisotopic (exact) mass is 427 g/mol. The number of esters is 1. The van der Waals surface area contributed by atoms with Crippen LogP contribution < -0.4 is 5.56 Å². The van der Waals surface area contributed by atoms with Gasteiger partial charge in [0.1, 0.15) is 17.2 Å². The van der Waals surface area contributed by atoms with Crippen molar-refractivity contribution in [2.24, 2.45) is 0 Å². The molecule has 0 saturated heterocycles. The number of nitrogens with zero attached hydrogens (tertiary/aromatic N) is 3.